The van der Waals surface area contributed by atoms with Gasteiger partial charge >= 0.3 is 5.97 Å². The van der Waals surface area contributed by atoms with Crippen LogP contribution in [-0.4, -0.2) is 11.6 Å². The van der Waals surface area contributed by atoms with Crippen molar-refractivity contribution in [2.75, 3.05) is 0 Å². The van der Waals surface area contributed by atoms with Crippen molar-refractivity contribution in [3.8, 4) is 0 Å². The van der Waals surface area contributed by atoms with E-state index in [1.54, 1.807) is 0 Å². The molecule has 1 rings (SSSR count). The lowest BCUT2D eigenvalue weighted by molar-refractivity contribution is -0.164. The van der Waals surface area contributed by atoms with E-state index in [4.69, 9.17) is 4.74 Å². The zero-order valence-corrected chi connectivity index (χ0v) is 13.1. The summed E-state index contributed by atoms with van der Waals surface area (Å²) >= 11 is 0. The highest BCUT2D eigenvalue weighted by atomic mass is 16.6. The van der Waals surface area contributed by atoms with Crippen LogP contribution in [0.3, 0.4) is 0 Å². The molecular formula is C17H28O2. The lowest BCUT2D eigenvalue weighted by atomic mass is 9.75. The Balaban J connectivity index is 2.73. The number of esters is 1. The summed E-state index contributed by atoms with van der Waals surface area (Å²) in [6, 6.07) is 0. The first-order chi connectivity index (χ1) is 8.85. The van der Waals surface area contributed by atoms with Gasteiger partial charge in [0.05, 0.1) is 0 Å². The molecule has 0 aromatic carbocycles. The third-order valence-electron chi connectivity index (χ3n) is 4.14. The van der Waals surface area contributed by atoms with Crippen molar-refractivity contribution in [2.24, 2.45) is 5.92 Å². The molecule has 2 heteroatoms. The van der Waals surface area contributed by atoms with Gasteiger partial charge in [0.25, 0.3) is 0 Å². The molecule has 2 unspecified atom stereocenters. The third-order valence-corrected chi connectivity index (χ3v) is 4.14. The van der Waals surface area contributed by atoms with E-state index in [1.807, 2.05) is 0 Å². The van der Waals surface area contributed by atoms with Crippen LogP contribution in [-0.2, 0) is 9.53 Å². The molecule has 1 aliphatic carbocycles. The Labute approximate surface area is 117 Å². The summed E-state index contributed by atoms with van der Waals surface area (Å²) in [5.74, 6) is 0.248. The SMILES string of the molecule is CC(=O)OC1(C(C)CCC=C(C)C)CC=C(C)CC1. The summed E-state index contributed by atoms with van der Waals surface area (Å²) in [5, 5.41) is 0. The molecule has 0 aliphatic heterocycles. The van der Waals surface area contributed by atoms with Crippen LogP contribution < -0.4 is 0 Å². The Hall–Kier alpha value is -1.05. The fourth-order valence-electron chi connectivity index (χ4n) is 2.77. The summed E-state index contributed by atoms with van der Waals surface area (Å²) < 4.78 is 5.74. The van der Waals surface area contributed by atoms with Crippen LogP contribution in [0, 0.1) is 5.92 Å². The van der Waals surface area contributed by atoms with Gasteiger partial charge in [-0.05, 0) is 52.4 Å². The Kier molecular flexibility index (Phi) is 5.84. The quantitative estimate of drug-likeness (QED) is 0.526. The first-order valence-corrected chi connectivity index (χ1v) is 7.34. The second-order valence-corrected chi connectivity index (χ2v) is 6.17. The van der Waals surface area contributed by atoms with E-state index in [0.717, 1.165) is 32.1 Å². The van der Waals surface area contributed by atoms with E-state index in [0.29, 0.717) is 5.92 Å². The normalized spacial score (nSPS) is 24.4. The van der Waals surface area contributed by atoms with Crippen LogP contribution in [0.15, 0.2) is 23.3 Å². The van der Waals surface area contributed by atoms with E-state index >= 15 is 0 Å². The van der Waals surface area contributed by atoms with Crippen molar-refractivity contribution >= 4 is 5.97 Å². The van der Waals surface area contributed by atoms with E-state index < -0.39 is 0 Å². The zero-order chi connectivity index (χ0) is 14.5. The molecule has 108 valence electrons. The van der Waals surface area contributed by atoms with E-state index in [1.165, 1.54) is 18.1 Å². The van der Waals surface area contributed by atoms with Gasteiger partial charge < -0.3 is 4.74 Å². The predicted molar refractivity (Wildman–Crippen MR) is 79.9 cm³/mol. The summed E-state index contributed by atoms with van der Waals surface area (Å²) in [4.78, 5) is 11.4. The number of hydrogen-bond acceptors (Lipinski definition) is 2. The number of carbonyl (C=O) groups is 1. The average molecular weight is 264 g/mol. The van der Waals surface area contributed by atoms with Crippen LogP contribution in [0.5, 0.6) is 0 Å². The number of carbonyl (C=O) groups excluding carboxylic acids is 1. The van der Waals surface area contributed by atoms with Gasteiger partial charge in [-0.3, -0.25) is 4.79 Å². The maximum atomic E-state index is 11.4. The van der Waals surface area contributed by atoms with E-state index in [2.05, 4.69) is 39.8 Å². The highest BCUT2D eigenvalue weighted by molar-refractivity contribution is 5.66. The van der Waals surface area contributed by atoms with Gasteiger partial charge in [0, 0.05) is 13.3 Å². The molecule has 1 aliphatic rings. The molecule has 0 fully saturated rings. The van der Waals surface area contributed by atoms with Crippen LogP contribution in [0.25, 0.3) is 0 Å². The Morgan fingerprint density at radius 3 is 2.63 bits per heavy atom. The van der Waals surface area contributed by atoms with Crippen LogP contribution in [0.1, 0.15) is 66.7 Å². The Morgan fingerprint density at radius 1 is 1.47 bits per heavy atom. The van der Waals surface area contributed by atoms with Crippen molar-refractivity contribution in [1.82, 2.24) is 0 Å². The summed E-state index contributed by atoms with van der Waals surface area (Å²) in [6.45, 7) is 10.1. The monoisotopic (exact) mass is 264 g/mol. The third kappa shape index (κ3) is 4.85. The minimum absolute atomic E-state index is 0.151. The highest BCUT2D eigenvalue weighted by Crippen LogP contribution is 2.39. The molecule has 0 heterocycles. The summed E-state index contributed by atoms with van der Waals surface area (Å²) in [6.07, 6.45) is 9.52. The topological polar surface area (TPSA) is 26.3 Å². The largest absolute Gasteiger partial charge is 0.459 e. The average Bonchev–Trinajstić information content (AvgIpc) is 2.31. The lowest BCUT2D eigenvalue weighted by Gasteiger charge is -2.40. The van der Waals surface area contributed by atoms with Crippen LogP contribution >= 0.6 is 0 Å². The molecule has 19 heavy (non-hydrogen) atoms. The van der Waals surface area contributed by atoms with Crippen LogP contribution in [0.4, 0.5) is 0 Å². The van der Waals surface area contributed by atoms with Gasteiger partial charge in [0.2, 0.25) is 0 Å². The molecule has 2 atom stereocenters. The fourth-order valence-corrected chi connectivity index (χ4v) is 2.77. The van der Waals surface area contributed by atoms with Gasteiger partial charge in [-0.1, -0.05) is 30.2 Å². The molecule has 0 N–H and O–H groups in total. The maximum Gasteiger partial charge on any atom is 0.303 e. The molecule has 0 radical (unpaired) electrons. The molecule has 0 aromatic rings. The van der Waals surface area contributed by atoms with Gasteiger partial charge in [-0.15, -0.1) is 0 Å². The van der Waals surface area contributed by atoms with Gasteiger partial charge in [-0.25, -0.2) is 0 Å². The zero-order valence-electron chi connectivity index (χ0n) is 13.1. The Morgan fingerprint density at radius 2 is 2.16 bits per heavy atom. The van der Waals surface area contributed by atoms with Gasteiger partial charge in [0.1, 0.15) is 5.60 Å². The smallest absolute Gasteiger partial charge is 0.303 e. The lowest BCUT2D eigenvalue weighted by Crippen LogP contribution is -2.42. The Bertz CT molecular complexity index is 375. The molecule has 2 nitrogen and oxygen atoms in total. The van der Waals surface area contributed by atoms with Crippen molar-refractivity contribution in [3.63, 3.8) is 0 Å². The van der Waals surface area contributed by atoms with Crippen LogP contribution in [0.2, 0.25) is 0 Å². The van der Waals surface area contributed by atoms with E-state index in [-0.39, 0.29) is 11.6 Å². The minimum Gasteiger partial charge on any atom is -0.459 e. The number of allylic oxidation sites excluding steroid dienone is 3. The second kappa shape index (κ2) is 6.93. The molecule has 0 saturated carbocycles. The number of hydrogen-bond donors (Lipinski definition) is 0. The van der Waals surface area contributed by atoms with Gasteiger partial charge in [-0.2, -0.15) is 0 Å². The van der Waals surface area contributed by atoms with Gasteiger partial charge in [0.15, 0.2) is 0 Å². The highest BCUT2D eigenvalue weighted by Gasteiger charge is 2.39. The molecule has 0 bridgehead atoms. The number of ether oxygens (including phenoxy) is 1. The maximum absolute atomic E-state index is 11.4. The standard InChI is InChI=1S/C17H28O2/c1-13(2)7-6-8-15(4)17(19-16(5)18)11-9-14(3)10-12-17/h7,9,15H,6,8,10-12H2,1-5H3. The first kappa shape index (κ1) is 16.0. The molecular weight excluding hydrogens is 236 g/mol. The second-order valence-electron chi connectivity index (χ2n) is 6.17. The minimum atomic E-state index is -0.277. The molecule has 0 spiro atoms. The molecule has 0 saturated heterocycles. The van der Waals surface area contributed by atoms with Crippen molar-refractivity contribution in [2.45, 2.75) is 72.3 Å². The van der Waals surface area contributed by atoms with Crippen molar-refractivity contribution in [3.05, 3.63) is 23.3 Å². The first-order valence-electron chi connectivity index (χ1n) is 7.34. The molecule has 0 aromatic heterocycles. The summed E-state index contributed by atoms with van der Waals surface area (Å²) in [7, 11) is 0. The van der Waals surface area contributed by atoms with Crippen molar-refractivity contribution in [1.29, 1.82) is 0 Å². The molecule has 0 amide bonds. The van der Waals surface area contributed by atoms with Crippen molar-refractivity contribution < 1.29 is 9.53 Å². The fraction of sp³-hybridized carbons (Fsp3) is 0.706. The number of rotatable bonds is 5. The van der Waals surface area contributed by atoms with E-state index in [9.17, 15) is 4.79 Å². The predicted octanol–water partition coefficient (Wildman–Crippen LogP) is 4.80. The summed E-state index contributed by atoms with van der Waals surface area (Å²) in [5.41, 5.74) is 2.49.